The number of nitrogens with one attached hydrogen (secondary N) is 1. The highest BCUT2D eigenvalue weighted by Crippen LogP contribution is 2.20. The van der Waals surface area contributed by atoms with E-state index < -0.39 is 0 Å². The van der Waals surface area contributed by atoms with Crippen LogP contribution in [0, 0.1) is 18.8 Å². The van der Waals surface area contributed by atoms with Crippen LogP contribution in [0.15, 0.2) is 10.6 Å². The van der Waals surface area contributed by atoms with Crippen molar-refractivity contribution in [1.82, 2.24) is 10.1 Å². The third-order valence-corrected chi connectivity index (χ3v) is 3.21. The Balaban J connectivity index is 1.83. The molecular weight excluding hydrogens is 230 g/mol. The molecular formula is C13H21N3O2. The Morgan fingerprint density at radius 2 is 2.17 bits per heavy atom. The van der Waals surface area contributed by atoms with Crippen molar-refractivity contribution >= 4 is 11.7 Å². The number of piperidine rings is 1. The average molecular weight is 251 g/mol. The molecule has 1 aromatic heterocycles. The van der Waals surface area contributed by atoms with E-state index in [4.69, 9.17) is 4.52 Å². The lowest BCUT2D eigenvalue weighted by Gasteiger charge is -2.34. The predicted octanol–water partition coefficient (Wildman–Crippen LogP) is 1.90. The van der Waals surface area contributed by atoms with Crippen molar-refractivity contribution in [2.24, 2.45) is 11.8 Å². The molecule has 1 N–H and O–H groups in total. The Labute approximate surface area is 108 Å². The average Bonchev–Trinajstić information content (AvgIpc) is 2.61. The van der Waals surface area contributed by atoms with Crippen molar-refractivity contribution in [2.75, 3.05) is 25.0 Å². The lowest BCUT2D eigenvalue weighted by molar-refractivity contribution is -0.117. The van der Waals surface area contributed by atoms with E-state index in [1.807, 2.05) is 0 Å². The van der Waals surface area contributed by atoms with Gasteiger partial charge in [0.05, 0.1) is 6.54 Å². The number of carbonyl (C=O) groups is 1. The van der Waals surface area contributed by atoms with E-state index in [1.165, 1.54) is 6.42 Å². The van der Waals surface area contributed by atoms with Crippen molar-refractivity contribution in [3.8, 4) is 0 Å². The molecule has 1 saturated heterocycles. The van der Waals surface area contributed by atoms with Gasteiger partial charge in [0, 0.05) is 19.2 Å². The molecule has 0 bridgehead atoms. The maximum absolute atomic E-state index is 11.9. The Bertz CT molecular complexity index is 406. The molecule has 1 aliphatic heterocycles. The monoisotopic (exact) mass is 251 g/mol. The minimum absolute atomic E-state index is 0.0235. The number of rotatable bonds is 3. The van der Waals surface area contributed by atoms with Crippen LogP contribution in [0.4, 0.5) is 5.82 Å². The molecule has 100 valence electrons. The Kier molecular flexibility index (Phi) is 4.01. The molecule has 2 atom stereocenters. The zero-order chi connectivity index (χ0) is 13.1. The number of likely N-dealkylation sites (tertiary alicyclic amines) is 1. The van der Waals surface area contributed by atoms with Crippen molar-refractivity contribution in [2.45, 2.75) is 27.2 Å². The number of hydrogen-bond donors (Lipinski definition) is 1. The topological polar surface area (TPSA) is 58.4 Å². The SMILES string of the molecule is Cc1cc(NC(=O)CN2C[C@H](C)C[C@H](C)C2)no1. The standard InChI is InChI=1S/C13H21N3O2/c1-9-4-10(2)7-16(6-9)8-13(17)14-12-5-11(3)18-15-12/h5,9-10H,4,6-8H2,1-3H3,(H,14,15,17)/t9-,10+. The second kappa shape index (κ2) is 5.52. The number of aromatic nitrogens is 1. The fraction of sp³-hybridized carbons (Fsp3) is 0.692. The summed E-state index contributed by atoms with van der Waals surface area (Å²) >= 11 is 0. The van der Waals surface area contributed by atoms with E-state index in [-0.39, 0.29) is 5.91 Å². The summed E-state index contributed by atoms with van der Waals surface area (Å²) in [5.74, 6) is 2.50. The van der Waals surface area contributed by atoms with Crippen LogP contribution in [0.1, 0.15) is 26.0 Å². The van der Waals surface area contributed by atoms with Crippen LogP contribution in [-0.4, -0.2) is 35.6 Å². The summed E-state index contributed by atoms with van der Waals surface area (Å²) in [6.45, 7) is 8.70. The smallest absolute Gasteiger partial charge is 0.239 e. The van der Waals surface area contributed by atoms with Crippen molar-refractivity contribution in [1.29, 1.82) is 0 Å². The van der Waals surface area contributed by atoms with E-state index in [1.54, 1.807) is 13.0 Å². The van der Waals surface area contributed by atoms with E-state index in [2.05, 4.69) is 29.2 Å². The minimum atomic E-state index is -0.0235. The highest BCUT2D eigenvalue weighted by Gasteiger charge is 2.23. The number of carbonyl (C=O) groups excluding carboxylic acids is 1. The molecule has 0 saturated carbocycles. The van der Waals surface area contributed by atoms with Gasteiger partial charge in [-0.25, -0.2) is 0 Å². The Morgan fingerprint density at radius 3 is 2.72 bits per heavy atom. The lowest BCUT2D eigenvalue weighted by Crippen LogP contribution is -2.42. The summed E-state index contributed by atoms with van der Waals surface area (Å²) < 4.78 is 4.91. The molecule has 0 unspecified atom stereocenters. The molecule has 5 nitrogen and oxygen atoms in total. The first-order valence-corrected chi connectivity index (χ1v) is 6.48. The summed E-state index contributed by atoms with van der Waals surface area (Å²) in [6.07, 6.45) is 1.25. The number of anilines is 1. The van der Waals surface area contributed by atoms with Gasteiger partial charge in [-0.15, -0.1) is 0 Å². The number of aryl methyl sites for hydroxylation is 1. The Morgan fingerprint density at radius 1 is 1.50 bits per heavy atom. The van der Waals surface area contributed by atoms with Crippen molar-refractivity contribution < 1.29 is 9.32 Å². The molecule has 0 aromatic carbocycles. The molecule has 1 aromatic rings. The summed E-state index contributed by atoms with van der Waals surface area (Å²) in [6, 6.07) is 1.72. The third kappa shape index (κ3) is 3.57. The van der Waals surface area contributed by atoms with E-state index in [0.29, 0.717) is 30.0 Å². The van der Waals surface area contributed by atoms with Crippen LogP contribution in [0.5, 0.6) is 0 Å². The van der Waals surface area contributed by atoms with Crippen molar-refractivity contribution in [3.63, 3.8) is 0 Å². The predicted molar refractivity (Wildman–Crippen MR) is 69.3 cm³/mol. The fourth-order valence-corrected chi connectivity index (χ4v) is 2.73. The van der Waals surface area contributed by atoms with Crippen molar-refractivity contribution in [3.05, 3.63) is 11.8 Å². The van der Waals surface area contributed by atoms with Gasteiger partial charge in [-0.05, 0) is 25.2 Å². The largest absolute Gasteiger partial charge is 0.360 e. The van der Waals surface area contributed by atoms with Crippen LogP contribution in [0.2, 0.25) is 0 Å². The molecule has 1 aliphatic rings. The summed E-state index contributed by atoms with van der Waals surface area (Å²) in [7, 11) is 0. The number of nitrogens with zero attached hydrogens (tertiary/aromatic N) is 2. The van der Waals surface area contributed by atoms with Gasteiger partial charge in [-0.1, -0.05) is 19.0 Å². The zero-order valence-electron chi connectivity index (χ0n) is 11.3. The molecule has 18 heavy (non-hydrogen) atoms. The van der Waals surface area contributed by atoms with Gasteiger partial charge < -0.3 is 9.84 Å². The van der Waals surface area contributed by atoms with Gasteiger partial charge in [0.1, 0.15) is 5.76 Å². The van der Waals surface area contributed by atoms with Crippen LogP contribution in [-0.2, 0) is 4.79 Å². The second-order valence-electron chi connectivity index (χ2n) is 5.51. The molecule has 0 spiro atoms. The maximum atomic E-state index is 11.9. The molecule has 2 rings (SSSR count). The van der Waals surface area contributed by atoms with Crippen LogP contribution >= 0.6 is 0 Å². The first-order chi connectivity index (χ1) is 8.52. The number of amides is 1. The lowest BCUT2D eigenvalue weighted by atomic mass is 9.92. The fourth-order valence-electron chi connectivity index (χ4n) is 2.73. The first-order valence-electron chi connectivity index (χ1n) is 6.48. The first kappa shape index (κ1) is 13.1. The zero-order valence-corrected chi connectivity index (χ0v) is 11.3. The quantitative estimate of drug-likeness (QED) is 0.891. The van der Waals surface area contributed by atoms with Crippen LogP contribution in [0.3, 0.4) is 0 Å². The van der Waals surface area contributed by atoms with E-state index in [0.717, 1.165) is 13.1 Å². The summed E-state index contributed by atoms with van der Waals surface area (Å²) in [5.41, 5.74) is 0. The molecule has 1 amide bonds. The minimum Gasteiger partial charge on any atom is -0.360 e. The second-order valence-corrected chi connectivity index (χ2v) is 5.51. The highest BCUT2D eigenvalue weighted by atomic mass is 16.5. The van der Waals surface area contributed by atoms with Crippen LogP contribution < -0.4 is 5.32 Å². The van der Waals surface area contributed by atoms with Gasteiger partial charge >= 0.3 is 0 Å². The summed E-state index contributed by atoms with van der Waals surface area (Å²) in [5, 5.41) is 6.51. The van der Waals surface area contributed by atoms with Gasteiger partial charge in [0.15, 0.2) is 5.82 Å². The summed E-state index contributed by atoms with van der Waals surface area (Å²) in [4.78, 5) is 14.1. The van der Waals surface area contributed by atoms with Gasteiger partial charge in [-0.3, -0.25) is 9.69 Å². The molecule has 2 heterocycles. The van der Waals surface area contributed by atoms with Crippen LogP contribution in [0.25, 0.3) is 0 Å². The molecule has 1 fully saturated rings. The van der Waals surface area contributed by atoms with E-state index >= 15 is 0 Å². The molecule has 5 heteroatoms. The number of hydrogen-bond acceptors (Lipinski definition) is 4. The molecule has 0 aliphatic carbocycles. The normalized spacial score (nSPS) is 25.1. The molecule has 0 radical (unpaired) electrons. The Hall–Kier alpha value is -1.36. The van der Waals surface area contributed by atoms with E-state index in [9.17, 15) is 4.79 Å². The van der Waals surface area contributed by atoms with Gasteiger partial charge in [0.2, 0.25) is 5.91 Å². The maximum Gasteiger partial charge on any atom is 0.239 e. The highest BCUT2D eigenvalue weighted by molar-refractivity contribution is 5.91. The van der Waals surface area contributed by atoms with Gasteiger partial charge in [-0.2, -0.15) is 0 Å². The third-order valence-electron chi connectivity index (χ3n) is 3.21. The van der Waals surface area contributed by atoms with Gasteiger partial charge in [0.25, 0.3) is 0 Å².